The van der Waals surface area contributed by atoms with E-state index in [0.29, 0.717) is 17.1 Å². The first kappa shape index (κ1) is 14.9. The highest BCUT2D eigenvalue weighted by Gasteiger charge is 2.23. The standard InChI is InChI=1S/C15H15ClF2N2/c1-2-7-20-15(10-6-8-19-9-11(10)16)14-12(17)4-3-5-13(14)18/h3-6,8-9,15,20H,2,7H2,1H3. The molecule has 1 aromatic heterocycles. The van der Waals surface area contributed by atoms with E-state index in [9.17, 15) is 8.78 Å². The third kappa shape index (κ3) is 3.14. The van der Waals surface area contributed by atoms with Gasteiger partial charge in [0.15, 0.2) is 0 Å². The Morgan fingerprint density at radius 2 is 1.95 bits per heavy atom. The van der Waals surface area contributed by atoms with E-state index in [-0.39, 0.29) is 5.56 Å². The van der Waals surface area contributed by atoms with Gasteiger partial charge >= 0.3 is 0 Å². The van der Waals surface area contributed by atoms with Gasteiger partial charge < -0.3 is 5.32 Å². The largest absolute Gasteiger partial charge is 0.306 e. The van der Waals surface area contributed by atoms with E-state index >= 15 is 0 Å². The summed E-state index contributed by atoms with van der Waals surface area (Å²) in [7, 11) is 0. The van der Waals surface area contributed by atoms with Gasteiger partial charge in [0, 0.05) is 18.0 Å². The second kappa shape index (κ2) is 6.77. The maximum absolute atomic E-state index is 14.0. The van der Waals surface area contributed by atoms with Crippen LogP contribution in [0.15, 0.2) is 36.7 Å². The van der Waals surface area contributed by atoms with Gasteiger partial charge in [-0.2, -0.15) is 0 Å². The Morgan fingerprint density at radius 1 is 1.25 bits per heavy atom. The van der Waals surface area contributed by atoms with Gasteiger partial charge in [-0.15, -0.1) is 0 Å². The van der Waals surface area contributed by atoms with Crippen LogP contribution in [0.4, 0.5) is 8.78 Å². The molecule has 1 atom stereocenters. The molecule has 0 fully saturated rings. The Hall–Kier alpha value is -1.52. The van der Waals surface area contributed by atoms with Crippen LogP contribution < -0.4 is 5.32 Å². The van der Waals surface area contributed by atoms with Crippen LogP contribution in [0.25, 0.3) is 0 Å². The lowest BCUT2D eigenvalue weighted by molar-refractivity contribution is 0.503. The van der Waals surface area contributed by atoms with Gasteiger partial charge in [0.25, 0.3) is 0 Å². The van der Waals surface area contributed by atoms with Gasteiger partial charge in [-0.25, -0.2) is 8.78 Å². The van der Waals surface area contributed by atoms with Crippen molar-refractivity contribution >= 4 is 11.6 Å². The molecule has 0 radical (unpaired) electrons. The Labute approximate surface area is 121 Å². The highest BCUT2D eigenvalue weighted by Crippen LogP contribution is 2.30. The third-order valence-electron chi connectivity index (χ3n) is 3.00. The molecule has 2 rings (SSSR count). The van der Waals surface area contributed by atoms with E-state index in [0.717, 1.165) is 6.42 Å². The molecule has 0 bridgehead atoms. The number of hydrogen-bond acceptors (Lipinski definition) is 2. The Morgan fingerprint density at radius 3 is 2.55 bits per heavy atom. The summed E-state index contributed by atoms with van der Waals surface area (Å²) < 4.78 is 28.0. The van der Waals surface area contributed by atoms with Crippen LogP contribution in [0, 0.1) is 11.6 Å². The highest BCUT2D eigenvalue weighted by molar-refractivity contribution is 6.31. The van der Waals surface area contributed by atoms with Gasteiger partial charge in [-0.1, -0.05) is 24.6 Å². The molecule has 0 aliphatic heterocycles. The summed E-state index contributed by atoms with van der Waals surface area (Å²) in [4.78, 5) is 3.90. The smallest absolute Gasteiger partial charge is 0.131 e. The third-order valence-corrected chi connectivity index (χ3v) is 3.32. The van der Waals surface area contributed by atoms with Crippen molar-refractivity contribution in [3.63, 3.8) is 0 Å². The van der Waals surface area contributed by atoms with Crippen LogP contribution in [0.3, 0.4) is 0 Å². The van der Waals surface area contributed by atoms with Gasteiger partial charge in [-0.05, 0) is 36.7 Å². The first-order chi connectivity index (χ1) is 9.65. The molecule has 1 aromatic carbocycles. The second-order valence-corrected chi connectivity index (χ2v) is 4.83. The number of aromatic nitrogens is 1. The zero-order valence-corrected chi connectivity index (χ0v) is 11.8. The van der Waals surface area contributed by atoms with E-state index in [4.69, 9.17) is 11.6 Å². The predicted octanol–water partition coefficient (Wildman–Crippen LogP) is 4.10. The van der Waals surface area contributed by atoms with Crippen LogP contribution in [-0.4, -0.2) is 11.5 Å². The minimum absolute atomic E-state index is 0.0194. The van der Waals surface area contributed by atoms with Gasteiger partial charge in [0.05, 0.1) is 11.1 Å². The molecule has 0 spiro atoms. The second-order valence-electron chi connectivity index (χ2n) is 4.42. The average Bonchev–Trinajstić information content (AvgIpc) is 2.43. The van der Waals surface area contributed by atoms with Crippen LogP contribution >= 0.6 is 11.6 Å². The van der Waals surface area contributed by atoms with Crippen LogP contribution in [0.1, 0.15) is 30.5 Å². The molecule has 2 nitrogen and oxygen atoms in total. The summed E-state index contributed by atoms with van der Waals surface area (Å²) in [5.41, 5.74) is 0.591. The van der Waals surface area contributed by atoms with Gasteiger partial charge in [0.2, 0.25) is 0 Å². The molecule has 0 amide bonds. The molecule has 106 valence electrons. The fourth-order valence-electron chi connectivity index (χ4n) is 2.06. The Balaban J connectivity index is 2.50. The number of pyridine rings is 1. The summed E-state index contributed by atoms with van der Waals surface area (Å²) in [5, 5.41) is 3.51. The van der Waals surface area contributed by atoms with Gasteiger partial charge in [0.1, 0.15) is 11.6 Å². The van der Waals surface area contributed by atoms with E-state index in [1.807, 2.05) is 6.92 Å². The number of benzene rings is 1. The van der Waals surface area contributed by atoms with Crippen molar-refractivity contribution in [2.45, 2.75) is 19.4 Å². The van der Waals surface area contributed by atoms with E-state index in [1.165, 1.54) is 24.4 Å². The fraction of sp³-hybridized carbons (Fsp3) is 0.267. The molecule has 20 heavy (non-hydrogen) atoms. The van der Waals surface area contributed by atoms with Crippen molar-refractivity contribution in [3.8, 4) is 0 Å². The molecule has 0 aliphatic rings. The van der Waals surface area contributed by atoms with E-state index in [2.05, 4.69) is 10.3 Å². The van der Waals surface area contributed by atoms with Crippen molar-refractivity contribution in [1.82, 2.24) is 10.3 Å². The normalized spacial score (nSPS) is 12.4. The van der Waals surface area contributed by atoms with Gasteiger partial charge in [-0.3, -0.25) is 4.98 Å². The Kier molecular flexibility index (Phi) is 5.04. The van der Waals surface area contributed by atoms with Crippen LogP contribution in [0.5, 0.6) is 0 Å². The van der Waals surface area contributed by atoms with Crippen molar-refractivity contribution < 1.29 is 8.78 Å². The quantitative estimate of drug-likeness (QED) is 0.898. The van der Waals surface area contributed by atoms with Crippen molar-refractivity contribution in [2.24, 2.45) is 0 Å². The molecule has 0 aliphatic carbocycles. The zero-order chi connectivity index (χ0) is 14.5. The van der Waals surface area contributed by atoms with Crippen molar-refractivity contribution in [3.05, 3.63) is 64.4 Å². The minimum atomic E-state index is -0.633. The maximum atomic E-state index is 14.0. The first-order valence-electron chi connectivity index (χ1n) is 6.41. The maximum Gasteiger partial charge on any atom is 0.131 e. The number of nitrogens with one attached hydrogen (secondary N) is 1. The van der Waals surface area contributed by atoms with Crippen LogP contribution in [0.2, 0.25) is 5.02 Å². The number of hydrogen-bond donors (Lipinski definition) is 1. The summed E-state index contributed by atoms with van der Waals surface area (Å²) in [6.07, 6.45) is 3.87. The average molecular weight is 297 g/mol. The van der Waals surface area contributed by atoms with Crippen LogP contribution in [-0.2, 0) is 0 Å². The first-order valence-corrected chi connectivity index (χ1v) is 6.79. The lowest BCUT2D eigenvalue weighted by atomic mass is 9.98. The number of rotatable bonds is 5. The molecule has 0 saturated heterocycles. The predicted molar refractivity (Wildman–Crippen MR) is 75.7 cm³/mol. The Bertz CT molecular complexity index is 570. The lowest BCUT2D eigenvalue weighted by Crippen LogP contribution is -2.25. The fourth-order valence-corrected chi connectivity index (χ4v) is 2.29. The van der Waals surface area contributed by atoms with E-state index in [1.54, 1.807) is 12.3 Å². The lowest BCUT2D eigenvalue weighted by Gasteiger charge is -2.21. The SMILES string of the molecule is CCCNC(c1ccncc1Cl)c1c(F)cccc1F. The zero-order valence-electron chi connectivity index (χ0n) is 11.0. The molecule has 2 aromatic rings. The van der Waals surface area contributed by atoms with Crippen molar-refractivity contribution in [2.75, 3.05) is 6.54 Å². The molecule has 1 N–H and O–H groups in total. The number of halogens is 3. The molecule has 0 saturated carbocycles. The molecule has 1 unspecified atom stereocenters. The summed E-state index contributed by atoms with van der Waals surface area (Å²) in [6, 6.07) is 4.87. The summed E-state index contributed by atoms with van der Waals surface area (Å²) in [6.45, 7) is 2.60. The monoisotopic (exact) mass is 296 g/mol. The summed E-state index contributed by atoms with van der Waals surface area (Å²) in [5.74, 6) is -1.18. The number of nitrogens with zero attached hydrogens (tertiary/aromatic N) is 1. The van der Waals surface area contributed by atoms with Crippen molar-refractivity contribution in [1.29, 1.82) is 0 Å². The minimum Gasteiger partial charge on any atom is -0.306 e. The summed E-state index contributed by atoms with van der Waals surface area (Å²) >= 11 is 6.11. The topological polar surface area (TPSA) is 24.9 Å². The molecular weight excluding hydrogens is 282 g/mol. The molecular formula is C15H15ClF2N2. The van der Waals surface area contributed by atoms with E-state index < -0.39 is 17.7 Å². The molecule has 5 heteroatoms. The molecule has 1 heterocycles. The highest BCUT2D eigenvalue weighted by atomic mass is 35.5.